The van der Waals surface area contributed by atoms with Crippen molar-refractivity contribution in [2.45, 2.75) is 50.4 Å². The van der Waals surface area contributed by atoms with Crippen LogP contribution >= 0.6 is 0 Å². The number of benzene rings is 1. The van der Waals surface area contributed by atoms with Crippen molar-refractivity contribution in [3.05, 3.63) is 65.5 Å². The molecule has 3 aromatic rings. The maximum Gasteiger partial charge on any atom is 0.409 e. The van der Waals surface area contributed by atoms with Crippen LogP contribution in [0.1, 0.15) is 52.1 Å². The third-order valence-corrected chi connectivity index (χ3v) is 6.43. The first-order chi connectivity index (χ1) is 16.3. The fourth-order valence-electron chi connectivity index (χ4n) is 4.62. The lowest BCUT2D eigenvalue weighted by Gasteiger charge is -2.25. The number of nitrogens with one attached hydrogen (secondary N) is 3. The van der Waals surface area contributed by atoms with E-state index in [4.69, 9.17) is 0 Å². The van der Waals surface area contributed by atoms with Gasteiger partial charge < -0.3 is 15.6 Å². The molecule has 0 bridgehead atoms. The van der Waals surface area contributed by atoms with Crippen LogP contribution in [0.3, 0.4) is 0 Å². The maximum atomic E-state index is 13.1. The molecule has 0 spiro atoms. The lowest BCUT2D eigenvalue weighted by atomic mass is 10.0. The molecule has 6 nitrogen and oxygen atoms in total. The Bertz CT molecular complexity index is 1240. The summed E-state index contributed by atoms with van der Waals surface area (Å²) in [6.07, 6.45) is 0.977. The minimum absolute atomic E-state index is 0.118. The second-order valence-electron chi connectivity index (χ2n) is 8.81. The smallest absolute Gasteiger partial charge is 0.358 e. The van der Waals surface area contributed by atoms with Crippen LogP contribution in [0.2, 0.25) is 0 Å². The number of aromatic amines is 1. The highest BCUT2D eigenvalue weighted by molar-refractivity contribution is 5.98. The Hall–Kier alpha value is -3.62. The van der Waals surface area contributed by atoms with Gasteiger partial charge in [-0.3, -0.25) is 14.6 Å². The van der Waals surface area contributed by atoms with Crippen molar-refractivity contribution in [1.29, 1.82) is 0 Å². The molecule has 3 N–H and O–H groups in total. The Kier molecular flexibility index (Phi) is 5.63. The van der Waals surface area contributed by atoms with Gasteiger partial charge in [-0.2, -0.15) is 13.2 Å². The Morgan fingerprint density at radius 2 is 1.85 bits per heavy atom. The molecule has 1 fully saturated rings. The van der Waals surface area contributed by atoms with Crippen molar-refractivity contribution < 1.29 is 22.8 Å². The number of fused-ring (bicyclic) bond motifs is 1. The van der Waals surface area contributed by atoms with Crippen LogP contribution in [-0.4, -0.2) is 40.0 Å². The molecule has 1 aliphatic heterocycles. The molecule has 3 heterocycles. The molecule has 1 saturated carbocycles. The number of halogens is 3. The van der Waals surface area contributed by atoms with E-state index in [1.165, 1.54) is 0 Å². The van der Waals surface area contributed by atoms with Crippen molar-refractivity contribution in [2.75, 3.05) is 0 Å². The first-order valence-electron chi connectivity index (χ1n) is 11.2. The molecule has 176 valence electrons. The van der Waals surface area contributed by atoms with Gasteiger partial charge in [0.1, 0.15) is 6.04 Å². The molecule has 1 aromatic carbocycles. The summed E-state index contributed by atoms with van der Waals surface area (Å²) >= 11 is 0. The van der Waals surface area contributed by atoms with Gasteiger partial charge >= 0.3 is 6.18 Å². The molecule has 0 saturated heterocycles. The first-order valence-corrected chi connectivity index (χ1v) is 11.2. The van der Waals surface area contributed by atoms with Crippen molar-refractivity contribution in [2.24, 2.45) is 0 Å². The maximum absolute atomic E-state index is 13.1. The number of amides is 2. The number of aromatic nitrogens is 2. The number of pyridine rings is 1. The predicted molar refractivity (Wildman–Crippen MR) is 120 cm³/mol. The van der Waals surface area contributed by atoms with E-state index < -0.39 is 18.1 Å². The van der Waals surface area contributed by atoms with Gasteiger partial charge in [-0.1, -0.05) is 25.0 Å². The van der Waals surface area contributed by atoms with Crippen LogP contribution in [0, 0.1) is 0 Å². The average molecular weight is 468 g/mol. The fourth-order valence-corrected chi connectivity index (χ4v) is 4.62. The molecule has 2 aromatic heterocycles. The van der Waals surface area contributed by atoms with Crippen LogP contribution in [0.15, 0.2) is 48.7 Å². The van der Waals surface area contributed by atoms with E-state index in [2.05, 4.69) is 15.3 Å². The number of rotatable bonds is 4. The Labute approximate surface area is 194 Å². The number of hydrogen-bond donors (Lipinski definition) is 3. The average Bonchev–Trinajstić information content (AvgIpc) is 3.49. The van der Waals surface area contributed by atoms with Crippen LogP contribution in [0.4, 0.5) is 13.2 Å². The summed E-state index contributed by atoms with van der Waals surface area (Å²) in [4.78, 5) is 32.3. The standard InChI is InChI=1S/C25H23F3N4O2/c26-25(27,28)22-13-21-18(24(34)32-22)12-20(31-21)15-8-9-29-19(11-15)14-4-3-5-16(10-14)23(33)30-17-6-1-2-7-17/h3-5,8-12,17,22,31H,1-2,6-7,13H2,(H,30,33)(H,32,34). The highest BCUT2D eigenvalue weighted by Gasteiger charge is 2.44. The molecule has 0 radical (unpaired) electrons. The Morgan fingerprint density at radius 1 is 1.06 bits per heavy atom. The molecular weight excluding hydrogens is 445 g/mol. The van der Waals surface area contributed by atoms with Gasteiger partial charge in [0.05, 0.1) is 11.3 Å². The molecular formula is C25H23F3N4O2. The minimum atomic E-state index is -4.52. The van der Waals surface area contributed by atoms with Crippen LogP contribution in [-0.2, 0) is 6.42 Å². The molecule has 1 aliphatic carbocycles. The van der Waals surface area contributed by atoms with Crippen LogP contribution in [0.5, 0.6) is 0 Å². The van der Waals surface area contributed by atoms with E-state index in [0.717, 1.165) is 31.2 Å². The van der Waals surface area contributed by atoms with Gasteiger partial charge in [0.15, 0.2) is 0 Å². The zero-order valence-corrected chi connectivity index (χ0v) is 18.2. The van der Waals surface area contributed by atoms with Gasteiger partial charge in [-0.15, -0.1) is 0 Å². The fraction of sp³-hybridized carbons (Fsp3) is 0.320. The molecule has 1 unspecified atom stereocenters. The van der Waals surface area contributed by atoms with E-state index in [9.17, 15) is 22.8 Å². The summed E-state index contributed by atoms with van der Waals surface area (Å²) in [5, 5.41) is 5.10. The lowest BCUT2D eigenvalue weighted by Crippen LogP contribution is -2.49. The van der Waals surface area contributed by atoms with E-state index >= 15 is 0 Å². The highest BCUT2D eigenvalue weighted by Crippen LogP contribution is 2.31. The zero-order valence-electron chi connectivity index (χ0n) is 18.2. The van der Waals surface area contributed by atoms with Crippen molar-refractivity contribution in [1.82, 2.24) is 20.6 Å². The Balaban J connectivity index is 1.40. The summed E-state index contributed by atoms with van der Waals surface area (Å²) in [5.41, 5.74) is 3.56. The summed E-state index contributed by atoms with van der Waals surface area (Å²) in [5.74, 6) is -0.867. The number of H-pyrrole nitrogens is 1. The third kappa shape index (κ3) is 4.42. The van der Waals surface area contributed by atoms with Crippen LogP contribution in [0.25, 0.3) is 22.5 Å². The normalized spacial score (nSPS) is 18.4. The van der Waals surface area contributed by atoms with Gasteiger partial charge in [0.25, 0.3) is 11.8 Å². The van der Waals surface area contributed by atoms with Gasteiger partial charge in [0.2, 0.25) is 0 Å². The lowest BCUT2D eigenvalue weighted by molar-refractivity contribution is -0.153. The van der Waals surface area contributed by atoms with Crippen molar-refractivity contribution >= 4 is 11.8 Å². The van der Waals surface area contributed by atoms with E-state index in [1.807, 2.05) is 11.4 Å². The summed E-state index contributed by atoms with van der Waals surface area (Å²) in [7, 11) is 0. The third-order valence-electron chi connectivity index (χ3n) is 6.43. The summed E-state index contributed by atoms with van der Waals surface area (Å²) in [6, 6.07) is 10.5. The topological polar surface area (TPSA) is 86.9 Å². The monoisotopic (exact) mass is 468 g/mol. The largest absolute Gasteiger partial charge is 0.409 e. The molecule has 34 heavy (non-hydrogen) atoms. The van der Waals surface area contributed by atoms with Crippen molar-refractivity contribution in [3.8, 4) is 22.5 Å². The SMILES string of the molecule is O=C(NC1CCCC1)c1cccc(-c2cc(-c3cc4c([nH]3)CC(C(F)(F)F)NC4=O)ccn2)c1. The number of nitrogens with zero attached hydrogens (tertiary/aromatic N) is 1. The van der Waals surface area contributed by atoms with Crippen LogP contribution < -0.4 is 10.6 Å². The second kappa shape index (κ2) is 8.62. The quantitative estimate of drug-likeness (QED) is 0.522. The number of carbonyl (C=O) groups excluding carboxylic acids is 2. The predicted octanol–water partition coefficient (Wildman–Crippen LogP) is 4.63. The first kappa shape index (κ1) is 22.2. The van der Waals surface area contributed by atoms with E-state index in [0.29, 0.717) is 22.5 Å². The Morgan fingerprint density at radius 3 is 2.62 bits per heavy atom. The number of carbonyl (C=O) groups is 2. The van der Waals surface area contributed by atoms with Crippen molar-refractivity contribution in [3.63, 3.8) is 0 Å². The van der Waals surface area contributed by atoms with Gasteiger partial charge in [0, 0.05) is 46.7 Å². The number of alkyl halides is 3. The molecule has 2 aliphatic rings. The van der Waals surface area contributed by atoms with Gasteiger partial charge in [-0.05, 0) is 43.2 Å². The minimum Gasteiger partial charge on any atom is -0.358 e. The molecule has 5 rings (SSSR count). The zero-order chi connectivity index (χ0) is 23.9. The number of hydrogen-bond acceptors (Lipinski definition) is 3. The molecule has 1 atom stereocenters. The van der Waals surface area contributed by atoms with E-state index in [-0.39, 0.29) is 29.6 Å². The van der Waals surface area contributed by atoms with Gasteiger partial charge in [-0.25, -0.2) is 0 Å². The highest BCUT2D eigenvalue weighted by atomic mass is 19.4. The second-order valence-corrected chi connectivity index (χ2v) is 8.81. The summed E-state index contributed by atoms with van der Waals surface area (Å²) < 4.78 is 39.3. The molecule has 9 heteroatoms. The summed E-state index contributed by atoms with van der Waals surface area (Å²) in [6.45, 7) is 0. The van der Waals surface area contributed by atoms with E-state index in [1.54, 1.807) is 42.6 Å². The molecule has 2 amide bonds.